The van der Waals surface area contributed by atoms with E-state index in [0.717, 1.165) is 44.3 Å². The lowest BCUT2D eigenvalue weighted by Gasteiger charge is -2.15. The van der Waals surface area contributed by atoms with Crippen LogP contribution in [0.3, 0.4) is 0 Å². The van der Waals surface area contributed by atoms with Gasteiger partial charge in [-0.15, -0.1) is 0 Å². The Labute approximate surface area is 151 Å². The van der Waals surface area contributed by atoms with Crippen LogP contribution in [0.1, 0.15) is 22.3 Å². The fourth-order valence-electron chi connectivity index (χ4n) is 3.21. The maximum Gasteiger partial charge on any atom is 0.224 e. The minimum Gasteiger partial charge on any atom is -0.383 e. The highest BCUT2D eigenvalue weighted by molar-refractivity contribution is 6.29. The summed E-state index contributed by atoms with van der Waals surface area (Å²) in [6.45, 7) is 6.12. The molecule has 0 fully saturated rings. The molecule has 25 heavy (non-hydrogen) atoms. The summed E-state index contributed by atoms with van der Waals surface area (Å²) in [7, 11) is 0. The monoisotopic (exact) mass is 348 g/mol. The SMILES string of the molecule is Cc1cc(-c2c(C)cc(C=CC#N)cc2C)c2nc(Cl)nc(N)c2c1. The molecular formula is C20H17ClN4. The van der Waals surface area contributed by atoms with Gasteiger partial charge in [0, 0.05) is 17.0 Å². The largest absolute Gasteiger partial charge is 0.383 e. The molecule has 0 aliphatic rings. The molecule has 5 heteroatoms. The molecule has 0 amide bonds. The number of nitriles is 1. The van der Waals surface area contributed by atoms with Crippen LogP contribution in [-0.2, 0) is 0 Å². The fraction of sp³-hybridized carbons (Fsp3) is 0.150. The van der Waals surface area contributed by atoms with Crippen molar-refractivity contribution in [1.29, 1.82) is 5.26 Å². The number of rotatable bonds is 2. The molecule has 0 aliphatic heterocycles. The van der Waals surface area contributed by atoms with Crippen molar-refractivity contribution in [3.8, 4) is 17.2 Å². The lowest BCUT2D eigenvalue weighted by Crippen LogP contribution is -1.99. The number of nitrogen functional groups attached to an aromatic ring is 1. The average molecular weight is 349 g/mol. The number of nitrogens with two attached hydrogens (primary N) is 1. The lowest BCUT2D eigenvalue weighted by atomic mass is 9.91. The number of anilines is 1. The predicted molar refractivity (Wildman–Crippen MR) is 103 cm³/mol. The van der Waals surface area contributed by atoms with E-state index in [-0.39, 0.29) is 5.28 Å². The van der Waals surface area contributed by atoms with Crippen molar-refractivity contribution in [2.45, 2.75) is 20.8 Å². The van der Waals surface area contributed by atoms with Gasteiger partial charge < -0.3 is 5.73 Å². The Morgan fingerprint density at radius 3 is 2.40 bits per heavy atom. The molecule has 0 aliphatic carbocycles. The van der Waals surface area contributed by atoms with Crippen molar-refractivity contribution in [3.05, 3.63) is 57.9 Å². The number of allylic oxidation sites excluding steroid dienone is 1. The first-order valence-electron chi connectivity index (χ1n) is 7.82. The molecule has 0 saturated heterocycles. The van der Waals surface area contributed by atoms with Crippen LogP contribution in [-0.4, -0.2) is 9.97 Å². The van der Waals surface area contributed by atoms with E-state index < -0.39 is 0 Å². The third-order valence-corrected chi connectivity index (χ3v) is 4.29. The Kier molecular flexibility index (Phi) is 4.43. The van der Waals surface area contributed by atoms with Crippen LogP contribution in [0.15, 0.2) is 30.3 Å². The van der Waals surface area contributed by atoms with Crippen molar-refractivity contribution in [1.82, 2.24) is 9.97 Å². The Morgan fingerprint density at radius 1 is 1.08 bits per heavy atom. The van der Waals surface area contributed by atoms with Gasteiger partial charge in [-0.25, -0.2) is 9.97 Å². The second-order valence-corrected chi connectivity index (χ2v) is 6.42. The lowest BCUT2D eigenvalue weighted by molar-refractivity contribution is 1.22. The van der Waals surface area contributed by atoms with Gasteiger partial charge in [0.25, 0.3) is 0 Å². The van der Waals surface area contributed by atoms with Gasteiger partial charge in [0.1, 0.15) is 5.82 Å². The molecule has 0 bridgehead atoms. The van der Waals surface area contributed by atoms with Gasteiger partial charge in [0.05, 0.1) is 11.6 Å². The molecule has 2 N–H and O–H groups in total. The van der Waals surface area contributed by atoms with Crippen LogP contribution in [0.4, 0.5) is 5.82 Å². The standard InChI is InChI=1S/C20H17ClN4/c1-11-7-15(18-16(8-11)19(23)25-20(21)24-18)17-12(2)9-14(5-4-6-22)10-13(17)3/h4-5,7-10H,1-3H3,(H2,23,24,25). The van der Waals surface area contributed by atoms with E-state index in [1.807, 2.05) is 32.9 Å². The molecule has 3 rings (SSSR count). The highest BCUT2D eigenvalue weighted by Gasteiger charge is 2.15. The molecule has 124 valence electrons. The second kappa shape index (κ2) is 6.54. The molecule has 1 heterocycles. The fourth-order valence-corrected chi connectivity index (χ4v) is 3.39. The number of benzene rings is 2. The van der Waals surface area contributed by atoms with Crippen molar-refractivity contribution in [2.24, 2.45) is 0 Å². The van der Waals surface area contributed by atoms with Crippen LogP contribution in [0.2, 0.25) is 5.28 Å². The van der Waals surface area contributed by atoms with Crippen LogP contribution >= 0.6 is 11.6 Å². The Hall–Kier alpha value is -2.90. The van der Waals surface area contributed by atoms with E-state index in [2.05, 4.69) is 28.2 Å². The molecule has 0 radical (unpaired) electrons. The molecule has 0 unspecified atom stereocenters. The summed E-state index contributed by atoms with van der Waals surface area (Å²) in [5.41, 5.74) is 13.1. The summed E-state index contributed by atoms with van der Waals surface area (Å²) < 4.78 is 0. The Bertz CT molecular complexity index is 1040. The predicted octanol–water partition coefficient (Wildman–Crippen LogP) is 4.99. The van der Waals surface area contributed by atoms with Crippen molar-refractivity contribution < 1.29 is 0 Å². The first-order valence-corrected chi connectivity index (χ1v) is 8.19. The Morgan fingerprint density at radius 2 is 1.76 bits per heavy atom. The van der Waals surface area contributed by atoms with Gasteiger partial charge in [-0.3, -0.25) is 0 Å². The number of halogens is 1. The maximum atomic E-state index is 8.72. The molecule has 3 aromatic rings. The van der Waals surface area contributed by atoms with Gasteiger partial charge in [0.15, 0.2) is 0 Å². The minimum absolute atomic E-state index is 0.138. The van der Waals surface area contributed by atoms with E-state index >= 15 is 0 Å². The molecule has 0 saturated carbocycles. The molecule has 0 atom stereocenters. The molecule has 0 spiro atoms. The minimum atomic E-state index is 0.138. The zero-order valence-electron chi connectivity index (χ0n) is 14.3. The van der Waals surface area contributed by atoms with E-state index in [0.29, 0.717) is 5.82 Å². The zero-order valence-corrected chi connectivity index (χ0v) is 15.0. The smallest absolute Gasteiger partial charge is 0.224 e. The summed E-state index contributed by atoms with van der Waals surface area (Å²) in [6.07, 6.45) is 3.28. The van der Waals surface area contributed by atoms with Crippen molar-refractivity contribution >= 4 is 34.4 Å². The third kappa shape index (κ3) is 3.19. The second-order valence-electron chi connectivity index (χ2n) is 6.08. The van der Waals surface area contributed by atoms with Crippen LogP contribution in [0.25, 0.3) is 28.1 Å². The van der Waals surface area contributed by atoms with Crippen LogP contribution in [0, 0.1) is 32.1 Å². The zero-order chi connectivity index (χ0) is 18.1. The van der Waals surface area contributed by atoms with Crippen molar-refractivity contribution in [2.75, 3.05) is 5.73 Å². The summed E-state index contributed by atoms with van der Waals surface area (Å²) in [5.74, 6) is 0.379. The molecule has 2 aromatic carbocycles. The first-order chi connectivity index (χ1) is 11.9. The summed E-state index contributed by atoms with van der Waals surface area (Å²) >= 11 is 6.04. The topological polar surface area (TPSA) is 75.6 Å². The quantitative estimate of drug-likeness (QED) is 0.522. The van der Waals surface area contributed by atoms with Crippen LogP contribution < -0.4 is 5.73 Å². The summed E-state index contributed by atoms with van der Waals surface area (Å²) in [4.78, 5) is 8.49. The van der Waals surface area contributed by atoms with Crippen molar-refractivity contribution in [3.63, 3.8) is 0 Å². The highest BCUT2D eigenvalue weighted by atomic mass is 35.5. The maximum absolute atomic E-state index is 8.72. The van der Waals surface area contributed by atoms with E-state index in [1.165, 1.54) is 6.08 Å². The normalized spacial score (nSPS) is 11.2. The molecule has 1 aromatic heterocycles. The first kappa shape index (κ1) is 16.9. The summed E-state index contributed by atoms with van der Waals surface area (Å²) in [5, 5.41) is 9.66. The average Bonchev–Trinajstić information content (AvgIpc) is 2.53. The number of hydrogen-bond donors (Lipinski definition) is 1. The van der Waals surface area contributed by atoms with E-state index in [1.54, 1.807) is 6.08 Å². The highest BCUT2D eigenvalue weighted by Crippen LogP contribution is 2.36. The van der Waals surface area contributed by atoms with E-state index in [4.69, 9.17) is 22.6 Å². The van der Waals surface area contributed by atoms with Gasteiger partial charge in [-0.05, 0) is 78.4 Å². The third-order valence-electron chi connectivity index (χ3n) is 4.12. The number of nitrogens with zero attached hydrogens (tertiary/aromatic N) is 3. The van der Waals surface area contributed by atoms with Gasteiger partial charge in [-0.2, -0.15) is 5.26 Å². The molecule has 4 nitrogen and oxygen atoms in total. The molecular weight excluding hydrogens is 332 g/mol. The van der Waals surface area contributed by atoms with Gasteiger partial charge in [0.2, 0.25) is 5.28 Å². The van der Waals surface area contributed by atoms with E-state index in [9.17, 15) is 0 Å². The van der Waals surface area contributed by atoms with Crippen LogP contribution in [0.5, 0.6) is 0 Å². The summed E-state index contributed by atoms with van der Waals surface area (Å²) in [6, 6.07) is 10.2. The number of hydrogen-bond acceptors (Lipinski definition) is 4. The Balaban J connectivity index is 2.34. The van der Waals surface area contributed by atoms with Gasteiger partial charge in [-0.1, -0.05) is 12.1 Å². The van der Waals surface area contributed by atoms with Gasteiger partial charge >= 0.3 is 0 Å². The number of aromatic nitrogens is 2. The number of aryl methyl sites for hydroxylation is 3. The number of fused-ring (bicyclic) bond motifs is 1.